The van der Waals surface area contributed by atoms with E-state index >= 15 is 0 Å². The minimum absolute atomic E-state index is 0.121. The van der Waals surface area contributed by atoms with E-state index in [2.05, 4.69) is 0 Å². The van der Waals surface area contributed by atoms with Crippen LogP contribution in [0.2, 0.25) is 0 Å². The lowest BCUT2D eigenvalue weighted by Gasteiger charge is -2.11. The first-order valence-electron chi connectivity index (χ1n) is 7.54. The molecule has 0 aliphatic heterocycles. The van der Waals surface area contributed by atoms with Crippen LogP contribution >= 0.6 is 11.3 Å². The highest BCUT2D eigenvalue weighted by Gasteiger charge is 2.18. The van der Waals surface area contributed by atoms with E-state index in [9.17, 15) is 14.4 Å². The first-order valence-corrected chi connectivity index (χ1v) is 8.36. The van der Waals surface area contributed by atoms with Crippen molar-refractivity contribution in [2.75, 3.05) is 14.2 Å². The molecule has 26 heavy (non-hydrogen) atoms. The first kappa shape index (κ1) is 17.6. The highest BCUT2D eigenvalue weighted by atomic mass is 32.1. The van der Waals surface area contributed by atoms with E-state index in [-0.39, 0.29) is 20.9 Å². The minimum atomic E-state index is -0.710. The third-order valence-corrected chi connectivity index (χ3v) is 4.61. The number of hydrogen-bond acceptors (Lipinski definition) is 7. The van der Waals surface area contributed by atoms with Crippen LogP contribution in [0, 0.1) is 0 Å². The molecule has 0 aliphatic carbocycles. The second-order valence-electron chi connectivity index (χ2n) is 5.21. The molecule has 0 spiro atoms. The molecule has 0 amide bonds. The number of carbonyl (C=O) groups excluding carboxylic acids is 2. The Morgan fingerprint density at radius 1 is 1.04 bits per heavy atom. The molecule has 0 bridgehead atoms. The second kappa shape index (κ2) is 7.37. The Morgan fingerprint density at radius 2 is 1.81 bits per heavy atom. The molecule has 0 unspecified atom stereocenters. The number of para-hydroxylation sites is 1. The summed E-state index contributed by atoms with van der Waals surface area (Å²) in [5.41, 5.74) is 0.250. The van der Waals surface area contributed by atoms with Gasteiger partial charge in [-0.3, -0.25) is 9.59 Å². The number of hydrogen-bond donors (Lipinski definition) is 0. The van der Waals surface area contributed by atoms with Crippen LogP contribution in [-0.4, -0.2) is 26.5 Å². The van der Waals surface area contributed by atoms with E-state index in [1.165, 1.54) is 26.4 Å². The molecule has 0 saturated heterocycles. The lowest BCUT2D eigenvalue weighted by Crippen LogP contribution is -2.11. The molecule has 0 saturated carbocycles. The standard InChI is InChI=1S/C19H14O6S/c1-23-14-8-7-11-9-15(26-19(22)16(11)17(14)24-2)18(21)25-13-6-4-3-5-12(13)10-20/h3-10H,1-2H3. The summed E-state index contributed by atoms with van der Waals surface area (Å²) in [7, 11) is 2.92. The van der Waals surface area contributed by atoms with Crippen LogP contribution in [0.1, 0.15) is 20.0 Å². The summed E-state index contributed by atoms with van der Waals surface area (Å²) >= 11 is 0.742. The molecule has 0 N–H and O–H groups in total. The van der Waals surface area contributed by atoms with Crippen molar-refractivity contribution >= 4 is 34.4 Å². The summed E-state index contributed by atoms with van der Waals surface area (Å²) in [6.45, 7) is 0. The van der Waals surface area contributed by atoms with Gasteiger partial charge >= 0.3 is 5.97 Å². The predicted octanol–water partition coefficient (Wildman–Crippen LogP) is 3.31. The summed E-state index contributed by atoms with van der Waals surface area (Å²) in [6.07, 6.45) is 0.600. The number of ether oxygens (including phenoxy) is 3. The van der Waals surface area contributed by atoms with Gasteiger partial charge in [0.05, 0.1) is 25.2 Å². The first-order chi connectivity index (χ1) is 12.6. The molecule has 7 heteroatoms. The Bertz CT molecular complexity index is 1050. The van der Waals surface area contributed by atoms with Crippen molar-refractivity contribution in [2.24, 2.45) is 0 Å². The lowest BCUT2D eigenvalue weighted by molar-refractivity contribution is 0.0738. The van der Waals surface area contributed by atoms with Gasteiger partial charge in [-0.1, -0.05) is 29.5 Å². The maximum atomic E-state index is 12.5. The van der Waals surface area contributed by atoms with Gasteiger partial charge in [0.2, 0.25) is 4.74 Å². The van der Waals surface area contributed by atoms with Gasteiger partial charge in [-0.25, -0.2) is 4.79 Å². The summed E-state index contributed by atoms with van der Waals surface area (Å²) in [5.74, 6) is 0.176. The Kier molecular flexibility index (Phi) is 4.99. The molecule has 1 heterocycles. The number of benzene rings is 2. The van der Waals surface area contributed by atoms with Gasteiger partial charge < -0.3 is 14.2 Å². The van der Waals surface area contributed by atoms with Crippen molar-refractivity contribution in [3.05, 3.63) is 62.4 Å². The molecular weight excluding hydrogens is 356 g/mol. The van der Waals surface area contributed by atoms with Crippen molar-refractivity contribution < 1.29 is 23.8 Å². The third kappa shape index (κ3) is 3.16. The van der Waals surface area contributed by atoms with Gasteiger partial charge in [0.25, 0.3) is 0 Å². The molecule has 0 fully saturated rings. The summed E-state index contributed by atoms with van der Waals surface area (Å²) in [6, 6.07) is 11.2. The van der Waals surface area contributed by atoms with Gasteiger partial charge in [0.15, 0.2) is 17.8 Å². The number of rotatable bonds is 5. The maximum Gasteiger partial charge on any atom is 0.353 e. The fourth-order valence-corrected chi connectivity index (χ4v) is 3.34. The van der Waals surface area contributed by atoms with Crippen LogP contribution in [0.3, 0.4) is 0 Å². The number of carbonyl (C=O) groups is 2. The van der Waals surface area contributed by atoms with Crippen LogP contribution in [0.15, 0.2) is 47.3 Å². The normalized spacial score (nSPS) is 10.4. The van der Waals surface area contributed by atoms with Gasteiger partial charge in [-0.05, 0) is 29.7 Å². The van der Waals surface area contributed by atoms with Crippen LogP contribution in [0.5, 0.6) is 17.2 Å². The second-order valence-corrected chi connectivity index (χ2v) is 6.22. The molecule has 132 valence electrons. The van der Waals surface area contributed by atoms with Crippen molar-refractivity contribution in [2.45, 2.75) is 0 Å². The molecule has 2 aromatic carbocycles. The number of aldehydes is 1. The summed E-state index contributed by atoms with van der Waals surface area (Å²) < 4.78 is 15.4. The van der Waals surface area contributed by atoms with Gasteiger partial charge in [0, 0.05) is 0 Å². The fraction of sp³-hybridized carbons (Fsp3) is 0.105. The third-order valence-electron chi connectivity index (χ3n) is 3.72. The molecule has 3 aromatic rings. The van der Waals surface area contributed by atoms with Crippen molar-refractivity contribution in [3.63, 3.8) is 0 Å². The molecule has 3 rings (SSSR count). The summed E-state index contributed by atoms with van der Waals surface area (Å²) in [4.78, 5) is 36.1. The SMILES string of the molecule is COc1ccc2cc(C(=O)Oc3ccccc3C=O)sc(=O)c2c1OC. The van der Waals surface area contributed by atoms with Gasteiger partial charge in [-0.2, -0.15) is 0 Å². The van der Waals surface area contributed by atoms with Gasteiger partial charge in [-0.15, -0.1) is 0 Å². The maximum absolute atomic E-state index is 12.5. The van der Waals surface area contributed by atoms with E-state index in [1.807, 2.05) is 0 Å². The average molecular weight is 370 g/mol. The smallest absolute Gasteiger partial charge is 0.353 e. The van der Waals surface area contributed by atoms with E-state index in [1.54, 1.807) is 30.3 Å². The average Bonchev–Trinajstić information content (AvgIpc) is 2.67. The zero-order valence-electron chi connectivity index (χ0n) is 14.0. The van der Waals surface area contributed by atoms with Crippen LogP contribution in [0.4, 0.5) is 0 Å². The van der Waals surface area contributed by atoms with Crippen LogP contribution in [-0.2, 0) is 0 Å². The van der Waals surface area contributed by atoms with Gasteiger partial charge in [0.1, 0.15) is 10.6 Å². The van der Waals surface area contributed by atoms with Crippen molar-refractivity contribution in [1.29, 1.82) is 0 Å². The Hall–Kier alpha value is -3.19. The zero-order chi connectivity index (χ0) is 18.7. The van der Waals surface area contributed by atoms with E-state index in [0.29, 0.717) is 28.6 Å². The largest absolute Gasteiger partial charge is 0.493 e. The van der Waals surface area contributed by atoms with Crippen LogP contribution in [0.25, 0.3) is 10.8 Å². The highest BCUT2D eigenvalue weighted by Crippen LogP contribution is 2.34. The summed E-state index contributed by atoms with van der Waals surface area (Å²) in [5, 5.41) is 0.865. The van der Waals surface area contributed by atoms with E-state index in [0.717, 1.165) is 11.3 Å². The molecule has 0 aliphatic rings. The van der Waals surface area contributed by atoms with Crippen molar-refractivity contribution in [1.82, 2.24) is 0 Å². The quantitative estimate of drug-likeness (QED) is 0.389. The highest BCUT2D eigenvalue weighted by molar-refractivity contribution is 7.11. The lowest BCUT2D eigenvalue weighted by atomic mass is 10.1. The Labute approximate surface area is 152 Å². The number of fused-ring (bicyclic) bond motifs is 1. The Morgan fingerprint density at radius 3 is 2.50 bits per heavy atom. The topological polar surface area (TPSA) is 78.9 Å². The molecule has 1 aromatic heterocycles. The predicted molar refractivity (Wildman–Crippen MR) is 98.0 cm³/mol. The molecule has 6 nitrogen and oxygen atoms in total. The zero-order valence-corrected chi connectivity index (χ0v) is 14.8. The molecule has 0 radical (unpaired) electrons. The fourth-order valence-electron chi connectivity index (χ4n) is 2.52. The number of methoxy groups -OCH3 is 2. The van der Waals surface area contributed by atoms with E-state index < -0.39 is 5.97 Å². The number of esters is 1. The minimum Gasteiger partial charge on any atom is -0.493 e. The van der Waals surface area contributed by atoms with E-state index in [4.69, 9.17) is 14.2 Å². The van der Waals surface area contributed by atoms with Crippen molar-refractivity contribution in [3.8, 4) is 17.2 Å². The molecule has 0 atom stereocenters. The van der Waals surface area contributed by atoms with Crippen LogP contribution < -0.4 is 19.0 Å². The Balaban J connectivity index is 2.05. The molecular formula is C19H14O6S. The monoisotopic (exact) mass is 370 g/mol.